The molecular formula is C21H19BrN2O4S2. The average Bonchev–Trinajstić information content (AvgIpc) is 2.74. The molecule has 30 heavy (non-hydrogen) atoms. The monoisotopic (exact) mass is 506 g/mol. The van der Waals surface area contributed by atoms with E-state index in [1.807, 2.05) is 24.5 Å². The Labute approximate surface area is 188 Å². The van der Waals surface area contributed by atoms with Gasteiger partial charge in [0.05, 0.1) is 4.90 Å². The van der Waals surface area contributed by atoms with Gasteiger partial charge in [-0.3, -0.25) is 9.52 Å². The summed E-state index contributed by atoms with van der Waals surface area (Å²) in [5.74, 6) is 0.0902. The predicted octanol–water partition coefficient (Wildman–Crippen LogP) is 4.99. The van der Waals surface area contributed by atoms with Crippen molar-refractivity contribution >= 4 is 55.0 Å². The molecule has 0 aliphatic heterocycles. The Bertz CT molecular complexity index is 1120. The lowest BCUT2D eigenvalue weighted by Crippen LogP contribution is -2.20. The van der Waals surface area contributed by atoms with Crippen LogP contribution in [0.15, 0.2) is 87.1 Å². The lowest BCUT2D eigenvalue weighted by molar-refractivity contribution is -0.118. The van der Waals surface area contributed by atoms with Crippen molar-refractivity contribution in [1.82, 2.24) is 0 Å². The van der Waals surface area contributed by atoms with E-state index in [0.29, 0.717) is 17.1 Å². The fourth-order valence-corrected chi connectivity index (χ4v) is 4.28. The molecule has 0 atom stereocenters. The molecule has 0 heterocycles. The number of hydrogen-bond acceptors (Lipinski definition) is 5. The van der Waals surface area contributed by atoms with Crippen LogP contribution in [0.5, 0.6) is 5.75 Å². The van der Waals surface area contributed by atoms with Crippen LogP contribution in [0.4, 0.5) is 11.4 Å². The summed E-state index contributed by atoms with van der Waals surface area (Å²) in [4.78, 5) is 13.2. The number of carbonyl (C=O) groups is 1. The SMILES string of the molecule is CSc1cccc(NC(=O)COc2ccc(S(=O)(=O)Nc3ccc(Br)cc3)cc2)c1. The van der Waals surface area contributed by atoms with Gasteiger partial charge in [0.15, 0.2) is 6.61 Å². The number of thioether (sulfide) groups is 1. The molecule has 0 fully saturated rings. The van der Waals surface area contributed by atoms with Crippen molar-refractivity contribution in [2.75, 3.05) is 22.9 Å². The summed E-state index contributed by atoms with van der Waals surface area (Å²) in [5.41, 5.74) is 1.15. The Hall–Kier alpha value is -2.49. The first-order valence-electron chi connectivity index (χ1n) is 8.81. The number of nitrogens with one attached hydrogen (secondary N) is 2. The van der Waals surface area contributed by atoms with Crippen molar-refractivity contribution < 1.29 is 17.9 Å². The van der Waals surface area contributed by atoms with Gasteiger partial charge in [0.25, 0.3) is 15.9 Å². The van der Waals surface area contributed by atoms with E-state index in [2.05, 4.69) is 26.0 Å². The van der Waals surface area contributed by atoms with E-state index in [4.69, 9.17) is 4.74 Å². The lowest BCUT2D eigenvalue weighted by Gasteiger charge is -2.10. The van der Waals surface area contributed by atoms with Gasteiger partial charge in [-0.2, -0.15) is 0 Å². The number of benzene rings is 3. The molecular weight excluding hydrogens is 488 g/mol. The second-order valence-corrected chi connectivity index (χ2v) is 9.63. The normalized spacial score (nSPS) is 11.0. The second-order valence-electron chi connectivity index (χ2n) is 6.15. The molecule has 0 spiro atoms. The number of sulfonamides is 1. The van der Waals surface area contributed by atoms with Gasteiger partial charge >= 0.3 is 0 Å². The fraction of sp³-hybridized carbons (Fsp3) is 0.0952. The Morgan fingerprint density at radius 1 is 1.00 bits per heavy atom. The zero-order valence-corrected chi connectivity index (χ0v) is 19.2. The van der Waals surface area contributed by atoms with Gasteiger partial charge in [-0.05, 0) is 73.0 Å². The molecule has 1 amide bonds. The van der Waals surface area contributed by atoms with Crippen molar-refractivity contribution in [2.45, 2.75) is 9.79 Å². The summed E-state index contributed by atoms with van der Waals surface area (Å²) >= 11 is 4.89. The summed E-state index contributed by atoms with van der Waals surface area (Å²) in [5, 5.41) is 2.77. The van der Waals surface area contributed by atoms with E-state index in [9.17, 15) is 13.2 Å². The van der Waals surface area contributed by atoms with Crippen LogP contribution in [-0.2, 0) is 14.8 Å². The summed E-state index contributed by atoms with van der Waals surface area (Å²) in [7, 11) is -3.72. The number of halogens is 1. The van der Waals surface area contributed by atoms with Crippen LogP contribution in [0, 0.1) is 0 Å². The molecule has 3 aromatic rings. The van der Waals surface area contributed by atoms with Crippen LogP contribution in [0.1, 0.15) is 0 Å². The van der Waals surface area contributed by atoms with Gasteiger partial charge in [-0.15, -0.1) is 11.8 Å². The largest absolute Gasteiger partial charge is 0.484 e. The van der Waals surface area contributed by atoms with Crippen molar-refractivity contribution in [3.63, 3.8) is 0 Å². The van der Waals surface area contributed by atoms with Gasteiger partial charge in [-0.1, -0.05) is 22.0 Å². The van der Waals surface area contributed by atoms with E-state index in [1.165, 1.54) is 24.3 Å². The molecule has 0 saturated carbocycles. The van der Waals surface area contributed by atoms with Gasteiger partial charge in [0.2, 0.25) is 0 Å². The third-order valence-corrected chi connectivity index (χ3v) is 6.61. The molecule has 0 unspecified atom stereocenters. The maximum Gasteiger partial charge on any atom is 0.262 e. The standard InChI is InChI=1S/C21H19BrN2O4S2/c1-29-19-4-2-3-17(13-19)23-21(25)14-28-18-9-11-20(12-10-18)30(26,27)24-16-7-5-15(22)6-8-16/h2-13,24H,14H2,1H3,(H,23,25). The van der Waals surface area contributed by atoms with Crippen molar-refractivity contribution in [2.24, 2.45) is 0 Å². The molecule has 0 saturated heterocycles. The topological polar surface area (TPSA) is 84.5 Å². The van der Waals surface area contributed by atoms with E-state index in [1.54, 1.807) is 42.1 Å². The highest BCUT2D eigenvalue weighted by atomic mass is 79.9. The molecule has 156 valence electrons. The summed E-state index contributed by atoms with van der Waals surface area (Å²) in [6.07, 6.45) is 1.96. The molecule has 0 radical (unpaired) electrons. The molecule has 0 aliphatic rings. The Balaban J connectivity index is 1.57. The van der Waals surface area contributed by atoms with Gasteiger partial charge in [0.1, 0.15) is 5.75 Å². The number of carbonyl (C=O) groups excluding carboxylic acids is 1. The molecule has 2 N–H and O–H groups in total. The minimum absolute atomic E-state index is 0.0936. The third-order valence-electron chi connectivity index (χ3n) is 3.95. The number of ether oxygens (including phenoxy) is 1. The first kappa shape index (κ1) is 22.2. The third kappa shape index (κ3) is 6.25. The van der Waals surface area contributed by atoms with Crippen molar-refractivity contribution in [3.8, 4) is 5.75 Å². The molecule has 0 aliphatic carbocycles. The first-order chi connectivity index (χ1) is 14.4. The van der Waals surface area contributed by atoms with Crippen LogP contribution in [0.3, 0.4) is 0 Å². The Kier molecular flexibility index (Phi) is 7.41. The quantitative estimate of drug-likeness (QED) is 0.420. The summed E-state index contributed by atoms with van der Waals surface area (Å²) in [6, 6.07) is 20.2. The minimum atomic E-state index is -3.72. The zero-order valence-electron chi connectivity index (χ0n) is 16.0. The first-order valence-corrected chi connectivity index (χ1v) is 12.3. The Morgan fingerprint density at radius 3 is 2.37 bits per heavy atom. The molecule has 3 aromatic carbocycles. The van der Waals surface area contributed by atoms with E-state index >= 15 is 0 Å². The van der Waals surface area contributed by atoms with E-state index < -0.39 is 10.0 Å². The van der Waals surface area contributed by atoms with Crippen molar-refractivity contribution in [1.29, 1.82) is 0 Å². The number of anilines is 2. The van der Waals surface area contributed by atoms with E-state index in [-0.39, 0.29) is 17.4 Å². The van der Waals surface area contributed by atoms with Crippen LogP contribution in [0.25, 0.3) is 0 Å². The minimum Gasteiger partial charge on any atom is -0.484 e. The molecule has 9 heteroatoms. The molecule has 3 rings (SSSR count). The fourth-order valence-electron chi connectivity index (χ4n) is 2.49. The number of amides is 1. The highest BCUT2D eigenvalue weighted by Crippen LogP contribution is 2.21. The smallest absolute Gasteiger partial charge is 0.262 e. The lowest BCUT2D eigenvalue weighted by atomic mass is 10.3. The maximum absolute atomic E-state index is 12.5. The van der Waals surface area contributed by atoms with Gasteiger partial charge in [0, 0.05) is 20.7 Å². The Morgan fingerprint density at radius 2 is 1.70 bits per heavy atom. The number of hydrogen-bond donors (Lipinski definition) is 2. The van der Waals surface area contributed by atoms with Crippen LogP contribution >= 0.6 is 27.7 Å². The van der Waals surface area contributed by atoms with E-state index in [0.717, 1.165) is 9.37 Å². The van der Waals surface area contributed by atoms with Crippen LogP contribution < -0.4 is 14.8 Å². The maximum atomic E-state index is 12.5. The zero-order chi connectivity index (χ0) is 21.6. The van der Waals surface area contributed by atoms with Crippen LogP contribution in [0.2, 0.25) is 0 Å². The summed E-state index contributed by atoms with van der Waals surface area (Å²) in [6.45, 7) is -0.188. The molecule has 6 nitrogen and oxygen atoms in total. The van der Waals surface area contributed by atoms with Gasteiger partial charge in [-0.25, -0.2) is 8.42 Å². The summed E-state index contributed by atoms with van der Waals surface area (Å²) < 4.78 is 33.8. The van der Waals surface area contributed by atoms with Crippen LogP contribution in [-0.4, -0.2) is 27.2 Å². The van der Waals surface area contributed by atoms with Crippen molar-refractivity contribution in [3.05, 3.63) is 77.3 Å². The molecule has 0 bridgehead atoms. The second kappa shape index (κ2) is 10.0. The average molecular weight is 507 g/mol. The predicted molar refractivity (Wildman–Crippen MR) is 124 cm³/mol. The van der Waals surface area contributed by atoms with Gasteiger partial charge < -0.3 is 10.1 Å². The number of rotatable bonds is 8. The highest BCUT2D eigenvalue weighted by Gasteiger charge is 2.14. The highest BCUT2D eigenvalue weighted by molar-refractivity contribution is 9.10. The molecule has 0 aromatic heterocycles.